The lowest BCUT2D eigenvalue weighted by Gasteiger charge is -2.32. The van der Waals surface area contributed by atoms with Crippen LogP contribution in [0, 0.1) is 18.3 Å². The molecule has 0 amide bonds. The van der Waals surface area contributed by atoms with Crippen molar-refractivity contribution < 1.29 is 0 Å². The molecule has 0 aromatic carbocycles. The number of allylic oxidation sites excluding steroid dienone is 4. The number of hydrogen-bond acceptors (Lipinski definition) is 0. The van der Waals surface area contributed by atoms with Crippen LogP contribution in [0.3, 0.4) is 0 Å². The van der Waals surface area contributed by atoms with Gasteiger partial charge in [0.05, 0.1) is 0 Å². The first-order valence-corrected chi connectivity index (χ1v) is 6.53. The van der Waals surface area contributed by atoms with Crippen molar-refractivity contribution in [2.75, 3.05) is 0 Å². The normalized spacial score (nSPS) is 38.1. The summed E-state index contributed by atoms with van der Waals surface area (Å²) >= 11 is 3.76. The highest BCUT2D eigenvalue weighted by Gasteiger charge is 2.27. The molecule has 0 nitrogen and oxygen atoms in total. The van der Waals surface area contributed by atoms with Crippen molar-refractivity contribution in [3.05, 3.63) is 30.2 Å². The predicted octanol–water partition coefficient (Wildman–Crippen LogP) is 4.28. The van der Waals surface area contributed by atoms with E-state index in [2.05, 4.69) is 47.5 Å². The van der Waals surface area contributed by atoms with Crippen LogP contribution in [0.2, 0.25) is 0 Å². The lowest BCUT2D eigenvalue weighted by Crippen LogP contribution is -2.24. The van der Waals surface area contributed by atoms with E-state index in [0.717, 1.165) is 23.1 Å². The summed E-state index contributed by atoms with van der Waals surface area (Å²) in [6.45, 7) is 2.37. The van der Waals surface area contributed by atoms with E-state index in [1.807, 2.05) is 0 Å². The molecular weight excluding hydrogens is 236 g/mol. The highest BCUT2D eigenvalue weighted by atomic mass is 79.9. The zero-order valence-corrected chi connectivity index (χ0v) is 10.3. The molecular formula is C13H18Br. The first kappa shape index (κ1) is 10.5. The van der Waals surface area contributed by atoms with Crippen molar-refractivity contribution >= 4 is 15.9 Å². The van der Waals surface area contributed by atoms with E-state index >= 15 is 0 Å². The molecule has 2 aliphatic carbocycles. The first-order chi connectivity index (χ1) is 6.77. The van der Waals surface area contributed by atoms with Gasteiger partial charge in [-0.15, -0.1) is 0 Å². The Morgan fingerprint density at radius 2 is 2.21 bits per heavy atom. The van der Waals surface area contributed by atoms with E-state index in [0.29, 0.717) is 0 Å². The summed E-state index contributed by atoms with van der Waals surface area (Å²) in [7, 11) is 0. The standard InChI is InChI=1S/C13H18Br/c1-10-9-12(7-8-13(10)14)11-5-3-2-4-6-11/h2-3,5-6,10,12-13H,4,7-9H2,1H3. The molecule has 14 heavy (non-hydrogen) atoms. The summed E-state index contributed by atoms with van der Waals surface area (Å²) in [6.07, 6.45) is 14.3. The van der Waals surface area contributed by atoms with Gasteiger partial charge in [-0.25, -0.2) is 0 Å². The SMILES string of the molecule is CC1CC(C2=CC=CC[CH]2)CCC1Br. The van der Waals surface area contributed by atoms with Gasteiger partial charge in [-0.2, -0.15) is 0 Å². The molecule has 0 aliphatic heterocycles. The minimum absolute atomic E-state index is 0.749. The maximum Gasteiger partial charge on any atom is 0.0171 e. The molecule has 1 fully saturated rings. The smallest absolute Gasteiger partial charge is 0.0171 e. The number of hydrogen-bond donors (Lipinski definition) is 0. The Morgan fingerprint density at radius 1 is 1.36 bits per heavy atom. The van der Waals surface area contributed by atoms with Crippen molar-refractivity contribution in [1.29, 1.82) is 0 Å². The van der Waals surface area contributed by atoms with Gasteiger partial charge in [-0.05, 0) is 43.9 Å². The second-order valence-electron chi connectivity index (χ2n) is 4.54. The summed E-state index contributed by atoms with van der Waals surface area (Å²) in [5, 5.41) is 0. The number of alkyl halides is 1. The summed E-state index contributed by atoms with van der Waals surface area (Å²) in [4.78, 5) is 0.749. The molecule has 0 saturated heterocycles. The molecule has 1 saturated carbocycles. The average Bonchev–Trinajstić information content (AvgIpc) is 2.23. The second kappa shape index (κ2) is 4.65. The molecule has 0 aromatic heterocycles. The third kappa shape index (κ3) is 2.31. The molecule has 1 radical (unpaired) electrons. The Labute approximate surface area is 95.6 Å². The summed E-state index contributed by atoms with van der Waals surface area (Å²) in [6, 6.07) is 0. The molecule has 0 N–H and O–H groups in total. The van der Waals surface area contributed by atoms with Crippen LogP contribution in [0.1, 0.15) is 32.6 Å². The van der Waals surface area contributed by atoms with Gasteiger partial charge < -0.3 is 0 Å². The minimum atomic E-state index is 0.749. The van der Waals surface area contributed by atoms with Crippen LogP contribution in [0.5, 0.6) is 0 Å². The van der Waals surface area contributed by atoms with Gasteiger partial charge >= 0.3 is 0 Å². The lowest BCUT2D eigenvalue weighted by molar-refractivity contribution is 0.328. The third-order valence-corrected chi connectivity index (χ3v) is 4.81. The van der Waals surface area contributed by atoms with Gasteiger partial charge in [0.15, 0.2) is 0 Å². The molecule has 0 aromatic rings. The fourth-order valence-electron chi connectivity index (χ4n) is 2.49. The summed E-state index contributed by atoms with van der Waals surface area (Å²) < 4.78 is 0. The number of rotatable bonds is 1. The zero-order valence-electron chi connectivity index (χ0n) is 8.75. The van der Waals surface area contributed by atoms with Crippen LogP contribution in [-0.2, 0) is 0 Å². The highest BCUT2D eigenvalue weighted by Crippen LogP contribution is 2.38. The van der Waals surface area contributed by atoms with Crippen LogP contribution >= 0.6 is 15.9 Å². The zero-order chi connectivity index (χ0) is 9.97. The Kier molecular flexibility index (Phi) is 3.48. The molecule has 2 rings (SSSR count). The monoisotopic (exact) mass is 253 g/mol. The highest BCUT2D eigenvalue weighted by molar-refractivity contribution is 9.09. The molecule has 0 bridgehead atoms. The maximum atomic E-state index is 3.76. The van der Waals surface area contributed by atoms with E-state index in [-0.39, 0.29) is 0 Å². The van der Waals surface area contributed by atoms with Crippen molar-refractivity contribution in [3.8, 4) is 0 Å². The Balaban J connectivity index is 1.98. The Bertz CT molecular complexity index is 252. The van der Waals surface area contributed by atoms with Crippen molar-refractivity contribution in [2.45, 2.75) is 37.4 Å². The minimum Gasteiger partial charge on any atom is -0.0888 e. The molecule has 1 heteroatoms. The quantitative estimate of drug-likeness (QED) is 0.613. The van der Waals surface area contributed by atoms with Crippen molar-refractivity contribution in [2.24, 2.45) is 11.8 Å². The van der Waals surface area contributed by atoms with E-state index in [1.165, 1.54) is 19.3 Å². The lowest BCUT2D eigenvalue weighted by atomic mass is 9.76. The van der Waals surface area contributed by atoms with E-state index in [9.17, 15) is 0 Å². The maximum absolute atomic E-state index is 3.76. The van der Waals surface area contributed by atoms with E-state index < -0.39 is 0 Å². The molecule has 0 spiro atoms. The van der Waals surface area contributed by atoms with Gasteiger partial charge in [0.25, 0.3) is 0 Å². The predicted molar refractivity (Wildman–Crippen MR) is 65.4 cm³/mol. The van der Waals surface area contributed by atoms with Crippen LogP contribution in [-0.4, -0.2) is 4.83 Å². The van der Waals surface area contributed by atoms with Gasteiger partial charge in [0, 0.05) is 4.83 Å². The van der Waals surface area contributed by atoms with Gasteiger partial charge in [0.2, 0.25) is 0 Å². The fraction of sp³-hybridized carbons (Fsp3) is 0.615. The molecule has 3 unspecified atom stereocenters. The van der Waals surface area contributed by atoms with E-state index in [1.54, 1.807) is 5.57 Å². The van der Waals surface area contributed by atoms with Crippen LogP contribution < -0.4 is 0 Å². The second-order valence-corrected chi connectivity index (χ2v) is 5.71. The van der Waals surface area contributed by atoms with Gasteiger partial charge in [0.1, 0.15) is 0 Å². The summed E-state index contributed by atoms with van der Waals surface area (Å²) in [5.41, 5.74) is 1.58. The largest absolute Gasteiger partial charge is 0.0888 e. The first-order valence-electron chi connectivity index (χ1n) is 5.61. The van der Waals surface area contributed by atoms with Gasteiger partial charge in [-0.3, -0.25) is 0 Å². The Hall–Kier alpha value is -0.0400. The molecule has 2 aliphatic rings. The Morgan fingerprint density at radius 3 is 2.86 bits per heavy atom. The molecule has 77 valence electrons. The average molecular weight is 254 g/mol. The number of halogens is 1. The molecule has 0 heterocycles. The van der Waals surface area contributed by atoms with Gasteiger partial charge in [-0.1, -0.05) is 46.7 Å². The third-order valence-electron chi connectivity index (χ3n) is 3.45. The summed E-state index contributed by atoms with van der Waals surface area (Å²) in [5.74, 6) is 1.65. The van der Waals surface area contributed by atoms with Crippen molar-refractivity contribution in [1.82, 2.24) is 0 Å². The molecule has 3 atom stereocenters. The van der Waals surface area contributed by atoms with E-state index in [4.69, 9.17) is 0 Å². The van der Waals surface area contributed by atoms with Crippen molar-refractivity contribution in [3.63, 3.8) is 0 Å². The van der Waals surface area contributed by atoms with Crippen LogP contribution in [0.25, 0.3) is 0 Å². The fourth-order valence-corrected chi connectivity index (χ4v) is 2.97. The topological polar surface area (TPSA) is 0 Å². The van der Waals surface area contributed by atoms with Crippen LogP contribution in [0.4, 0.5) is 0 Å². The van der Waals surface area contributed by atoms with Crippen LogP contribution in [0.15, 0.2) is 23.8 Å².